The molecule has 0 amide bonds. The molecule has 0 spiro atoms. The molecule has 0 saturated heterocycles. The van der Waals surface area contributed by atoms with Gasteiger partial charge in [0.05, 0.1) is 11.7 Å². The van der Waals surface area contributed by atoms with Gasteiger partial charge >= 0.3 is 6.18 Å². The van der Waals surface area contributed by atoms with Crippen molar-refractivity contribution >= 4 is 0 Å². The van der Waals surface area contributed by atoms with Crippen molar-refractivity contribution in [3.05, 3.63) is 70.8 Å². The zero-order valence-corrected chi connectivity index (χ0v) is 13.8. The fourth-order valence-electron chi connectivity index (χ4n) is 2.59. The zero-order valence-electron chi connectivity index (χ0n) is 13.8. The molecule has 0 aromatic heterocycles. The average molecular weight is 337 g/mol. The molecule has 24 heavy (non-hydrogen) atoms. The Morgan fingerprint density at radius 2 is 1.79 bits per heavy atom. The fourth-order valence-corrected chi connectivity index (χ4v) is 2.59. The van der Waals surface area contributed by atoms with Crippen LogP contribution in [0.25, 0.3) is 0 Å². The maximum Gasteiger partial charge on any atom is 0.416 e. The van der Waals surface area contributed by atoms with Crippen molar-refractivity contribution < 1.29 is 18.3 Å². The molecule has 0 heterocycles. The molecule has 0 aliphatic rings. The number of aryl methyl sites for hydroxylation is 1. The quantitative estimate of drug-likeness (QED) is 0.825. The van der Waals surface area contributed by atoms with Crippen molar-refractivity contribution in [1.29, 1.82) is 0 Å². The summed E-state index contributed by atoms with van der Waals surface area (Å²) in [7, 11) is 0. The number of aliphatic hydroxyl groups is 1. The van der Waals surface area contributed by atoms with Crippen LogP contribution in [0.1, 0.15) is 35.3 Å². The number of halogens is 3. The summed E-state index contributed by atoms with van der Waals surface area (Å²) in [5.74, 6) is 0. The molecule has 2 N–H and O–H groups in total. The molecular weight excluding hydrogens is 315 g/mol. The van der Waals surface area contributed by atoms with Crippen LogP contribution in [0.2, 0.25) is 0 Å². The highest BCUT2D eigenvalue weighted by atomic mass is 19.4. The zero-order chi connectivity index (χ0) is 17.7. The van der Waals surface area contributed by atoms with E-state index in [0.717, 1.165) is 18.6 Å². The summed E-state index contributed by atoms with van der Waals surface area (Å²) in [6.07, 6.45) is -4.59. The molecule has 0 fully saturated rings. The van der Waals surface area contributed by atoms with Crippen LogP contribution in [0, 0.1) is 6.92 Å². The van der Waals surface area contributed by atoms with Gasteiger partial charge in [0.25, 0.3) is 0 Å². The van der Waals surface area contributed by atoms with Crippen LogP contribution in [0.3, 0.4) is 0 Å². The van der Waals surface area contributed by atoms with Crippen molar-refractivity contribution in [2.24, 2.45) is 0 Å². The summed E-state index contributed by atoms with van der Waals surface area (Å²) < 4.78 is 38.2. The van der Waals surface area contributed by atoms with Gasteiger partial charge in [-0.15, -0.1) is 0 Å². The van der Waals surface area contributed by atoms with E-state index >= 15 is 0 Å². The van der Waals surface area contributed by atoms with Gasteiger partial charge < -0.3 is 10.4 Å². The van der Waals surface area contributed by atoms with E-state index in [9.17, 15) is 18.3 Å². The van der Waals surface area contributed by atoms with E-state index in [1.807, 2.05) is 32.0 Å². The number of aliphatic hydroxyl groups excluding tert-OH is 1. The first-order valence-electron chi connectivity index (χ1n) is 7.90. The normalized spacial score (nSPS) is 14.4. The molecule has 2 aromatic carbocycles. The topological polar surface area (TPSA) is 32.3 Å². The van der Waals surface area contributed by atoms with E-state index in [-0.39, 0.29) is 18.2 Å². The lowest BCUT2D eigenvalue weighted by molar-refractivity contribution is -0.137. The first kappa shape index (κ1) is 18.5. The predicted octanol–water partition coefficient (Wildman–Crippen LogP) is 4.27. The number of alkyl halides is 3. The Morgan fingerprint density at radius 3 is 2.46 bits per heavy atom. The molecule has 0 aliphatic carbocycles. The Hall–Kier alpha value is -1.85. The smallest absolute Gasteiger partial charge is 0.387 e. The number of nitrogens with one attached hydrogen (secondary N) is 1. The van der Waals surface area contributed by atoms with Gasteiger partial charge in [-0.3, -0.25) is 0 Å². The van der Waals surface area contributed by atoms with Crippen molar-refractivity contribution in [2.75, 3.05) is 6.54 Å². The van der Waals surface area contributed by atoms with Crippen molar-refractivity contribution in [2.45, 2.75) is 38.6 Å². The van der Waals surface area contributed by atoms with Gasteiger partial charge in [0.15, 0.2) is 0 Å². The van der Waals surface area contributed by atoms with E-state index in [0.29, 0.717) is 0 Å². The third-order valence-corrected chi connectivity index (χ3v) is 4.05. The lowest BCUT2D eigenvalue weighted by atomic mass is 10.0. The molecule has 0 aliphatic heterocycles. The lowest BCUT2D eigenvalue weighted by Gasteiger charge is -2.19. The monoisotopic (exact) mass is 337 g/mol. The molecule has 0 radical (unpaired) electrons. The Bertz CT molecular complexity index is 670. The molecule has 2 aromatic rings. The van der Waals surface area contributed by atoms with Crippen LogP contribution in [0.5, 0.6) is 0 Å². The van der Waals surface area contributed by atoms with Crippen LogP contribution in [0.15, 0.2) is 48.5 Å². The number of hydrogen-bond donors (Lipinski definition) is 2. The molecule has 2 atom stereocenters. The van der Waals surface area contributed by atoms with Crippen molar-refractivity contribution in [3.63, 3.8) is 0 Å². The van der Waals surface area contributed by atoms with Gasteiger partial charge in [-0.25, -0.2) is 0 Å². The third kappa shape index (κ3) is 5.08. The van der Waals surface area contributed by atoms with Crippen LogP contribution in [-0.4, -0.2) is 17.7 Å². The summed E-state index contributed by atoms with van der Waals surface area (Å²) in [6, 6.07) is 13.0. The number of benzene rings is 2. The maximum atomic E-state index is 12.7. The largest absolute Gasteiger partial charge is 0.416 e. The van der Waals surface area contributed by atoms with E-state index in [2.05, 4.69) is 11.4 Å². The van der Waals surface area contributed by atoms with Gasteiger partial charge in [0, 0.05) is 12.6 Å². The standard InChI is InChI=1S/C19H22F3NO/c1-13-6-3-4-7-15(13)10-14(2)23-12-18(24)16-8-5-9-17(11-16)19(20,21)22/h3-9,11,14,18,23-24H,10,12H2,1-2H3/t14-,18+/m1/s1. The molecule has 130 valence electrons. The SMILES string of the molecule is Cc1ccccc1C[C@@H](C)NC[C@H](O)c1cccc(C(F)(F)F)c1. The van der Waals surface area contributed by atoms with Crippen LogP contribution in [-0.2, 0) is 12.6 Å². The minimum atomic E-state index is -4.40. The van der Waals surface area contributed by atoms with Crippen LogP contribution in [0.4, 0.5) is 13.2 Å². The number of hydrogen-bond acceptors (Lipinski definition) is 2. The van der Waals surface area contributed by atoms with Gasteiger partial charge in [0.1, 0.15) is 0 Å². The highest BCUT2D eigenvalue weighted by Gasteiger charge is 2.30. The van der Waals surface area contributed by atoms with Crippen molar-refractivity contribution in [3.8, 4) is 0 Å². The van der Waals surface area contributed by atoms with E-state index in [1.165, 1.54) is 23.3 Å². The van der Waals surface area contributed by atoms with Crippen LogP contribution < -0.4 is 5.32 Å². The Balaban J connectivity index is 1.93. The van der Waals surface area contributed by atoms with Gasteiger partial charge in [0.2, 0.25) is 0 Å². The highest BCUT2D eigenvalue weighted by molar-refractivity contribution is 5.28. The van der Waals surface area contributed by atoms with Gasteiger partial charge in [-0.2, -0.15) is 13.2 Å². The first-order valence-corrected chi connectivity index (χ1v) is 7.90. The molecule has 0 saturated carbocycles. The van der Waals surface area contributed by atoms with Gasteiger partial charge in [-0.05, 0) is 49.1 Å². The predicted molar refractivity (Wildman–Crippen MR) is 88.8 cm³/mol. The number of rotatable bonds is 6. The average Bonchev–Trinajstić information content (AvgIpc) is 2.54. The summed E-state index contributed by atoms with van der Waals surface area (Å²) in [6.45, 7) is 4.24. The second-order valence-electron chi connectivity index (χ2n) is 6.08. The lowest BCUT2D eigenvalue weighted by Crippen LogP contribution is -2.32. The van der Waals surface area contributed by atoms with Crippen molar-refractivity contribution in [1.82, 2.24) is 5.32 Å². The minimum Gasteiger partial charge on any atom is -0.387 e. The summed E-state index contributed by atoms with van der Waals surface area (Å²) >= 11 is 0. The van der Waals surface area contributed by atoms with Crippen LogP contribution >= 0.6 is 0 Å². The highest BCUT2D eigenvalue weighted by Crippen LogP contribution is 2.30. The molecule has 2 nitrogen and oxygen atoms in total. The molecule has 0 unspecified atom stereocenters. The molecule has 5 heteroatoms. The maximum absolute atomic E-state index is 12.7. The molecular formula is C19H22F3NO. The fraction of sp³-hybridized carbons (Fsp3) is 0.368. The summed E-state index contributed by atoms with van der Waals surface area (Å²) in [5, 5.41) is 13.3. The molecule has 2 rings (SSSR count). The minimum absolute atomic E-state index is 0.103. The second-order valence-corrected chi connectivity index (χ2v) is 6.08. The summed E-state index contributed by atoms with van der Waals surface area (Å²) in [4.78, 5) is 0. The first-order chi connectivity index (χ1) is 11.3. The Kier molecular flexibility index (Phi) is 6.02. The van der Waals surface area contributed by atoms with E-state index < -0.39 is 17.8 Å². The third-order valence-electron chi connectivity index (χ3n) is 4.05. The van der Waals surface area contributed by atoms with E-state index in [1.54, 1.807) is 0 Å². The Labute approximate surface area is 140 Å². The second kappa shape index (κ2) is 7.81. The van der Waals surface area contributed by atoms with E-state index in [4.69, 9.17) is 0 Å². The molecule has 0 bridgehead atoms. The Morgan fingerprint density at radius 1 is 1.08 bits per heavy atom. The summed E-state index contributed by atoms with van der Waals surface area (Å²) in [5.41, 5.74) is 1.93. The van der Waals surface area contributed by atoms with Gasteiger partial charge in [-0.1, -0.05) is 36.4 Å².